The van der Waals surface area contributed by atoms with Gasteiger partial charge in [0, 0.05) is 23.4 Å². The molecule has 0 radical (unpaired) electrons. The number of amides is 2. The molecular formula is C19H16N4O4. The molecule has 0 saturated heterocycles. The average molecular weight is 364 g/mol. The summed E-state index contributed by atoms with van der Waals surface area (Å²) in [4.78, 5) is 22.1. The lowest BCUT2D eigenvalue weighted by Crippen LogP contribution is -2.24. The summed E-state index contributed by atoms with van der Waals surface area (Å²) < 4.78 is 5.60. The number of benzene rings is 2. The third kappa shape index (κ3) is 4.57. The fraction of sp³-hybridized carbons (Fsp3) is 0.0526. The van der Waals surface area contributed by atoms with Crippen LogP contribution in [0, 0.1) is 17.0 Å². The second-order valence-corrected chi connectivity index (χ2v) is 5.65. The molecule has 3 rings (SSSR count). The van der Waals surface area contributed by atoms with Crippen LogP contribution in [0.5, 0.6) is 0 Å². The van der Waals surface area contributed by atoms with Gasteiger partial charge in [0.05, 0.1) is 11.1 Å². The number of para-hydroxylation sites is 1. The van der Waals surface area contributed by atoms with E-state index in [0.29, 0.717) is 22.8 Å². The number of rotatable bonds is 5. The van der Waals surface area contributed by atoms with E-state index in [0.717, 1.165) is 5.56 Å². The van der Waals surface area contributed by atoms with Crippen molar-refractivity contribution in [1.29, 1.82) is 0 Å². The van der Waals surface area contributed by atoms with Crippen molar-refractivity contribution in [3.05, 3.63) is 82.1 Å². The molecule has 0 aliphatic carbocycles. The van der Waals surface area contributed by atoms with E-state index in [1.807, 2.05) is 25.1 Å². The first-order chi connectivity index (χ1) is 13.0. The molecule has 1 aromatic heterocycles. The lowest BCUT2D eigenvalue weighted by Gasteiger charge is -2.06. The van der Waals surface area contributed by atoms with Crippen molar-refractivity contribution in [1.82, 2.24) is 5.43 Å². The Morgan fingerprint density at radius 3 is 2.56 bits per heavy atom. The van der Waals surface area contributed by atoms with E-state index in [-0.39, 0.29) is 5.69 Å². The number of hydrogen-bond donors (Lipinski definition) is 2. The third-order valence-corrected chi connectivity index (χ3v) is 3.74. The monoisotopic (exact) mass is 364 g/mol. The molecule has 1 heterocycles. The Kier molecular flexibility index (Phi) is 5.27. The molecular weight excluding hydrogens is 348 g/mol. The molecule has 2 aromatic carbocycles. The summed E-state index contributed by atoms with van der Waals surface area (Å²) in [6, 6.07) is 16.3. The molecule has 0 aliphatic heterocycles. The number of hydrogen-bond acceptors (Lipinski definition) is 5. The van der Waals surface area contributed by atoms with Gasteiger partial charge in [-0.2, -0.15) is 5.10 Å². The number of furan rings is 1. The van der Waals surface area contributed by atoms with Crippen LogP contribution in [0.3, 0.4) is 0 Å². The van der Waals surface area contributed by atoms with Crippen LogP contribution in [0.4, 0.5) is 16.2 Å². The zero-order valence-corrected chi connectivity index (χ0v) is 14.4. The zero-order valence-electron chi connectivity index (χ0n) is 14.4. The average Bonchev–Trinajstić information content (AvgIpc) is 3.12. The Morgan fingerprint density at radius 2 is 1.85 bits per heavy atom. The number of nitrogens with zero attached hydrogens (tertiary/aromatic N) is 2. The van der Waals surface area contributed by atoms with Crippen LogP contribution in [0.15, 0.2) is 70.2 Å². The number of nitro benzene ring substituents is 1. The molecule has 3 aromatic rings. The highest BCUT2D eigenvalue weighted by atomic mass is 16.6. The second-order valence-electron chi connectivity index (χ2n) is 5.65. The van der Waals surface area contributed by atoms with E-state index in [9.17, 15) is 14.9 Å². The standard InChI is InChI=1S/C19H16N4O4/c1-13-4-2-3-5-17(13)21-19(24)22-20-12-16-10-11-18(27-16)14-6-8-15(9-7-14)23(25)26/h2-12H,1H3,(H2,21,22,24). The minimum atomic E-state index is -0.470. The summed E-state index contributed by atoms with van der Waals surface area (Å²) in [6.07, 6.45) is 1.37. The van der Waals surface area contributed by atoms with Gasteiger partial charge < -0.3 is 9.73 Å². The molecule has 27 heavy (non-hydrogen) atoms. The summed E-state index contributed by atoms with van der Waals surface area (Å²) in [5.41, 5.74) is 4.71. The number of hydrazone groups is 1. The number of urea groups is 1. The molecule has 0 bridgehead atoms. The van der Waals surface area contributed by atoms with Crippen LogP contribution in [0.1, 0.15) is 11.3 Å². The van der Waals surface area contributed by atoms with Crippen molar-refractivity contribution in [3.63, 3.8) is 0 Å². The fourth-order valence-electron chi connectivity index (χ4n) is 2.34. The van der Waals surface area contributed by atoms with Crippen LogP contribution in [0.2, 0.25) is 0 Å². The van der Waals surface area contributed by atoms with E-state index in [1.54, 1.807) is 30.3 Å². The van der Waals surface area contributed by atoms with Crippen molar-refractivity contribution < 1.29 is 14.1 Å². The highest BCUT2D eigenvalue weighted by Crippen LogP contribution is 2.24. The first kappa shape index (κ1) is 17.9. The maximum atomic E-state index is 11.8. The number of carbonyl (C=O) groups is 1. The molecule has 0 unspecified atom stereocenters. The van der Waals surface area contributed by atoms with Gasteiger partial charge in [-0.25, -0.2) is 10.2 Å². The summed E-state index contributed by atoms with van der Waals surface area (Å²) in [5.74, 6) is 0.968. The number of nitrogens with one attached hydrogen (secondary N) is 2. The molecule has 0 fully saturated rings. The maximum Gasteiger partial charge on any atom is 0.339 e. The molecule has 136 valence electrons. The summed E-state index contributed by atoms with van der Waals surface area (Å²) in [5, 5.41) is 17.2. The molecule has 8 heteroatoms. The Labute approximate surface area is 154 Å². The summed E-state index contributed by atoms with van der Waals surface area (Å²) >= 11 is 0. The van der Waals surface area contributed by atoms with Crippen LogP contribution < -0.4 is 10.7 Å². The number of aryl methyl sites for hydroxylation is 1. The molecule has 2 amide bonds. The van der Waals surface area contributed by atoms with Gasteiger partial charge >= 0.3 is 6.03 Å². The van der Waals surface area contributed by atoms with E-state index in [2.05, 4.69) is 15.8 Å². The Balaban J connectivity index is 1.59. The highest BCUT2D eigenvalue weighted by molar-refractivity contribution is 5.90. The molecule has 0 saturated carbocycles. The van der Waals surface area contributed by atoms with Gasteiger partial charge in [0.15, 0.2) is 0 Å². The topological polar surface area (TPSA) is 110 Å². The molecule has 2 N–H and O–H groups in total. The number of carbonyl (C=O) groups excluding carboxylic acids is 1. The molecule has 8 nitrogen and oxygen atoms in total. The Morgan fingerprint density at radius 1 is 1.11 bits per heavy atom. The van der Waals surface area contributed by atoms with E-state index in [4.69, 9.17) is 4.42 Å². The van der Waals surface area contributed by atoms with Crippen LogP contribution in [-0.4, -0.2) is 17.2 Å². The van der Waals surface area contributed by atoms with E-state index in [1.165, 1.54) is 18.3 Å². The first-order valence-corrected chi connectivity index (χ1v) is 8.03. The first-order valence-electron chi connectivity index (χ1n) is 8.03. The van der Waals surface area contributed by atoms with Gasteiger partial charge in [-0.1, -0.05) is 18.2 Å². The SMILES string of the molecule is Cc1ccccc1NC(=O)NN=Cc1ccc(-c2ccc([N+](=O)[O-])cc2)o1. The predicted octanol–water partition coefficient (Wildman–Crippen LogP) is 4.32. The van der Waals surface area contributed by atoms with Gasteiger partial charge in [-0.3, -0.25) is 10.1 Å². The normalized spacial score (nSPS) is 10.7. The van der Waals surface area contributed by atoms with Crippen molar-refractivity contribution in [2.75, 3.05) is 5.32 Å². The molecule has 0 spiro atoms. The smallest absolute Gasteiger partial charge is 0.339 e. The van der Waals surface area contributed by atoms with Crippen LogP contribution in [-0.2, 0) is 0 Å². The van der Waals surface area contributed by atoms with E-state index >= 15 is 0 Å². The van der Waals surface area contributed by atoms with Gasteiger partial charge in [0.1, 0.15) is 11.5 Å². The minimum Gasteiger partial charge on any atom is -0.455 e. The van der Waals surface area contributed by atoms with Crippen molar-refractivity contribution in [3.8, 4) is 11.3 Å². The summed E-state index contributed by atoms with van der Waals surface area (Å²) in [6.45, 7) is 1.89. The van der Waals surface area contributed by atoms with Gasteiger partial charge in [0.2, 0.25) is 0 Å². The summed E-state index contributed by atoms with van der Waals surface area (Å²) in [7, 11) is 0. The highest BCUT2D eigenvalue weighted by Gasteiger charge is 2.08. The number of non-ortho nitro benzene ring substituents is 1. The molecule has 0 aliphatic rings. The lowest BCUT2D eigenvalue weighted by atomic mass is 10.1. The van der Waals surface area contributed by atoms with Crippen LogP contribution >= 0.6 is 0 Å². The van der Waals surface area contributed by atoms with Gasteiger partial charge in [-0.15, -0.1) is 0 Å². The quantitative estimate of drug-likeness (QED) is 0.399. The maximum absolute atomic E-state index is 11.8. The van der Waals surface area contributed by atoms with Gasteiger partial charge in [-0.05, 0) is 42.8 Å². The van der Waals surface area contributed by atoms with Gasteiger partial charge in [0.25, 0.3) is 5.69 Å². The molecule has 0 atom stereocenters. The second kappa shape index (κ2) is 7.96. The van der Waals surface area contributed by atoms with Crippen molar-refractivity contribution in [2.45, 2.75) is 6.92 Å². The van der Waals surface area contributed by atoms with Crippen molar-refractivity contribution >= 4 is 23.6 Å². The largest absolute Gasteiger partial charge is 0.455 e. The van der Waals surface area contributed by atoms with E-state index < -0.39 is 11.0 Å². The zero-order chi connectivity index (χ0) is 19.2. The third-order valence-electron chi connectivity index (χ3n) is 3.74. The Hall–Kier alpha value is -3.94. The minimum absolute atomic E-state index is 0.0101. The van der Waals surface area contributed by atoms with Crippen LogP contribution in [0.25, 0.3) is 11.3 Å². The fourth-order valence-corrected chi connectivity index (χ4v) is 2.34. The van der Waals surface area contributed by atoms with Crippen molar-refractivity contribution in [2.24, 2.45) is 5.10 Å². The lowest BCUT2D eigenvalue weighted by molar-refractivity contribution is -0.384. The number of nitro groups is 1. The Bertz CT molecular complexity index is 993. The predicted molar refractivity (Wildman–Crippen MR) is 102 cm³/mol. The number of anilines is 1.